The number of fused-ring (bicyclic) bond motifs is 3. The van der Waals surface area contributed by atoms with Gasteiger partial charge in [0.05, 0.1) is 11.4 Å². The topological polar surface area (TPSA) is 81.9 Å². The normalized spacial score (nSPS) is 13.8. The molecule has 0 radical (unpaired) electrons. The Hall–Kier alpha value is -3.65. The zero-order valence-corrected chi connectivity index (χ0v) is 20.6. The lowest BCUT2D eigenvalue weighted by Gasteiger charge is -2.17. The number of thiazole rings is 1. The smallest absolute Gasteiger partial charge is 0.265 e. The molecule has 180 valence electrons. The van der Waals surface area contributed by atoms with E-state index in [1.165, 1.54) is 10.9 Å². The van der Waals surface area contributed by atoms with Crippen LogP contribution < -0.4 is 20.3 Å². The Balaban J connectivity index is 1.32. The number of aryl methyl sites for hydroxylation is 3. The molecular weight excluding hydrogens is 462 g/mol. The lowest BCUT2D eigenvalue weighted by molar-refractivity contribution is -0.122. The zero-order valence-electron chi connectivity index (χ0n) is 19.7. The van der Waals surface area contributed by atoms with Crippen LogP contribution >= 0.6 is 11.3 Å². The van der Waals surface area contributed by atoms with Gasteiger partial charge in [-0.05, 0) is 69.4 Å². The summed E-state index contributed by atoms with van der Waals surface area (Å²) in [4.78, 5) is 32.3. The molecule has 1 N–H and O–H groups in total. The molecule has 1 aliphatic carbocycles. The molecule has 0 spiro atoms. The van der Waals surface area contributed by atoms with Crippen molar-refractivity contribution in [3.8, 4) is 11.5 Å². The van der Waals surface area contributed by atoms with Crippen LogP contribution in [0.3, 0.4) is 0 Å². The van der Waals surface area contributed by atoms with Crippen LogP contribution in [0.25, 0.3) is 4.96 Å². The number of rotatable bonds is 7. The van der Waals surface area contributed by atoms with Crippen molar-refractivity contribution < 1.29 is 14.3 Å². The van der Waals surface area contributed by atoms with E-state index in [0.717, 1.165) is 36.9 Å². The Kier molecular flexibility index (Phi) is 6.55. The van der Waals surface area contributed by atoms with Gasteiger partial charge < -0.3 is 14.8 Å². The van der Waals surface area contributed by atoms with E-state index in [1.54, 1.807) is 34.8 Å². The number of anilines is 1. The van der Waals surface area contributed by atoms with Crippen molar-refractivity contribution in [1.82, 2.24) is 9.38 Å². The Bertz CT molecular complexity index is 1430. The van der Waals surface area contributed by atoms with E-state index in [1.807, 2.05) is 43.3 Å². The first-order chi connectivity index (χ1) is 17.0. The molecule has 35 heavy (non-hydrogen) atoms. The average Bonchev–Trinajstić information content (AvgIpc) is 3.23. The number of nitrogens with one attached hydrogen (secondary N) is 1. The maximum atomic E-state index is 12.8. The number of ether oxygens (including phenoxy) is 2. The van der Waals surface area contributed by atoms with E-state index in [-0.39, 0.29) is 18.1 Å². The van der Waals surface area contributed by atoms with E-state index in [0.29, 0.717) is 27.8 Å². The van der Waals surface area contributed by atoms with Gasteiger partial charge in [0, 0.05) is 16.6 Å². The highest BCUT2D eigenvalue weighted by molar-refractivity contribution is 7.17. The molecule has 0 unspecified atom stereocenters. The third-order valence-electron chi connectivity index (χ3n) is 6.01. The van der Waals surface area contributed by atoms with Gasteiger partial charge in [-0.3, -0.25) is 14.0 Å². The van der Waals surface area contributed by atoms with E-state index in [9.17, 15) is 9.59 Å². The van der Waals surface area contributed by atoms with Gasteiger partial charge in [0.25, 0.3) is 11.5 Å². The average molecular weight is 490 g/mol. The summed E-state index contributed by atoms with van der Waals surface area (Å²) in [7, 11) is 0. The van der Waals surface area contributed by atoms with Crippen LogP contribution in [-0.4, -0.2) is 21.4 Å². The first kappa shape index (κ1) is 23.1. The summed E-state index contributed by atoms with van der Waals surface area (Å²) in [5, 5.41) is 2.91. The molecule has 0 saturated carbocycles. The molecule has 0 fully saturated rings. The van der Waals surface area contributed by atoms with Crippen LogP contribution in [0.2, 0.25) is 0 Å². The van der Waals surface area contributed by atoms with Crippen molar-refractivity contribution in [3.63, 3.8) is 0 Å². The second kappa shape index (κ2) is 9.92. The standard InChI is InChI=1S/C27H27N3O4S/c1-17-12-13-23(21(14-17)29-26(32)18(2)34-20-8-4-3-5-9-20)33-16-19-15-25(31)30-22-10-6-7-11-24(22)35-27(30)28-19/h3-5,8-9,12-15,18H,6-7,10-11,16H2,1-2H3,(H,29,32)/t18-/m0/s1. The number of para-hydroxylation sites is 1. The number of amides is 1. The van der Waals surface area contributed by atoms with Crippen molar-refractivity contribution in [2.24, 2.45) is 0 Å². The summed E-state index contributed by atoms with van der Waals surface area (Å²) in [6.45, 7) is 3.76. The lowest BCUT2D eigenvalue weighted by Crippen LogP contribution is -2.30. The minimum Gasteiger partial charge on any atom is -0.485 e. The van der Waals surface area contributed by atoms with Crippen LogP contribution in [0.1, 0.15) is 41.6 Å². The fourth-order valence-corrected chi connectivity index (χ4v) is 5.46. The molecule has 2 aromatic carbocycles. The Morgan fingerprint density at radius 3 is 2.77 bits per heavy atom. The van der Waals surface area contributed by atoms with Gasteiger partial charge in [-0.15, -0.1) is 11.3 Å². The number of benzene rings is 2. The third kappa shape index (κ3) is 5.07. The lowest BCUT2D eigenvalue weighted by atomic mass is 10.0. The highest BCUT2D eigenvalue weighted by Crippen LogP contribution is 2.29. The minimum absolute atomic E-state index is 0.0719. The fraction of sp³-hybridized carbons (Fsp3) is 0.296. The molecule has 5 rings (SSSR count). The maximum absolute atomic E-state index is 12.8. The Morgan fingerprint density at radius 2 is 1.94 bits per heavy atom. The van der Waals surface area contributed by atoms with E-state index < -0.39 is 6.10 Å². The second-order valence-corrected chi connectivity index (χ2v) is 9.80. The fourth-order valence-electron chi connectivity index (χ4n) is 4.23. The summed E-state index contributed by atoms with van der Waals surface area (Å²) >= 11 is 1.59. The van der Waals surface area contributed by atoms with Crippen LogP contribution in [0.4, 0.5) is 5.69 Å². The van der Waals surface area contributed by atoms with Crippen molar-refractivity contribution in [2.75, 3.05) is 5.32 Å². The number of hydrogen-bond donors (Lipinski definition) is 1. The van der Waals surface area contributed by atoms with Crippen LogP contribution in [-0.2, 0) is 24.2 Å². The summed E-state index contributed by atoms with van der Waals surface area (Å²) in [5.74, 6) is 0.841. The molecule has 7 nitrogen and oxygen atoms in total. The predicted molar refractivity (Wildman–Crippen MR) is 137 cm³/mol. The zero-order chi connectivity index (χ0) is 24.4. The third-order valence-corrected chi connectivity index (χ3v) is 7.15. The van der Waals surface area contributed by atoms with E-state index in [4.69, 9.17) is 9.47 Å². The molecule has 4 aromatic rings. The Labute approximate surface area is 207 Å². The first-order valence-corrected chi connectivity index (χ1v) is 12.6. The van der Waals surface area contributed by atoms with Crippen molar-refractivity contribution in [3.05, 3.63) is 86.8 Å². The highest BCUT2D eigenvalue weighted by Gasteiger charge is 2.20. The molecule has 2 aromatic heterocycles. The molecule has 0 bridgehead atoms. The summed E-state index contributed by atoms with van der Waals surface area (Å²) in [6, 6.07) is 16.3. The van der Waals surface area contributed by atoms with Gasteiger partial charge in [-0.1, -0.05) is 24.3 Å². The number of carbonyl (C=O) groups excluding carboxylic acids is 1. The second-order valence-electron chi connectivity index (χ2n) is 8.73. The van der Waals surface area contributed by atoms with Gasteiger partial charge in [0.1, 0.15) is 18.1 Å². The first-order valence-electron chi connectivity index (χ1n) is 11.8. The van der Waals surface area contributed by atoms with Crippen LogP contribution in [0.5, 0.6) is 11.5 Å². The SMILES string of the molecule is Cc1ccc(OCc2cc(=O)n3c4c(sc3n2)CCCC4)c(NC(=O)[C@H](C)Oc2ccccc2)c1. The summed E-state index contributed by atoms with van der Waals surface area (Å²) < 4.78 is 13.5. The Morgan fingerprint density at radius 1 is 1.14 bits per heavy atom. The highest BCUT2D eigenvalue weighted by atomic mass is 32.1. The van der Waals surface area contributed by atoms with Gasteiger partial charge in [0.2, 0.25) is 0 Å². The maximum Gasteiger partial charge on any atom is 0.265 e. The molecular formula is C27H27N3O4S. The van der Waals surface area contributed by atoms with E-state index in [2.05, 4.69) is 10.3 Å². The van der Waals surface area contributed by atoms with Crippen molar-refractivity contribution in [2.45, 2.75) is 52.2 Å². The summed E-state index contributed by atoms with van der Waals surface area (Å²) in [6.07, 6.45) is 3.49. The van der Waals surface area contributed by atoms with E-state index >= 15 is 0 Å². The van der Waals surface area contributed by atoms with Crippen molar-refractivity contribution in [1.29, 1.82) is 0 Å². The molecule has 0 saturated heterocycles. The van der Waals surface area contributed by atoms with Gasteiger partial charge in [-0.25, -0.2) is 4.98 Å². The number of aromatic nitrogens is 2. The molecule has 1 atom stereocenters. The predicted octanol–water partition coefficient (Wildman–Crippen LogP) is 4.93. The molecule has 2 heterocycles. The number of hydrogen-bond acceptors (Lipinski definition) is 6. The summed E-state index contributed by atoms with van der Waals surface area (Å²) in [5.41, 5.74) is 3.12. The largest absolute Gasteiger partial charge is 0.485 e. The van der Waals surface area contributed by atoms with Crippen LogP contribution in [0, 0.1) is 6.92 Å². The quantitative estimate of drug-likeness (QED) is 0.398. The van der Waals surface area contributed by atoms with Gasteiger partial charge in [-0.2, -0.15) is 0 Å². The van der Waals surface area contributed by atoms with Gasteiger partial charge >= 0.3 is 0 Å². The van der Waals surface area contributed by atoms with Crippen LogP contribution in [0.15, 0.2) is 59.4 Å². The molecule has 1 amide bonds. The van der Waals surface area contributed by atoms with Gasteiger partial charge in [0.15, 0.2) is 11.1 Å². The molecule has 8 heteroatoms. The molecule has 1 aliphatic rings. The van der Waals surface area contributed by atoms with Crippen molar-refractivity contribution >= 4 is 27.9 Å². The monoisotopic (exact) mass is 489 g/mol. The number of nitrogens with zero attached hydrogens (tertiary/aromatic N) is 2. The molecule has 0 aliphatic heterocycles. The minimum atomic E-state index is -0.695. The number of carbonyl (C=O) groups is 1.